The second-order valence-corrected chi connectivity index (χ2v) is 7.30. The Morgan fingerprint density at radius 3 is 2.71 bits per heavy atom. The fourth-order valence-electron chi connectivity index (χ4n) is 1.90. The first kappa shape index (κ1) is 18.5. The monoisotopic (exact) mass is 377 g/mol. The van der Waals surface area contributed by atoms with Crippen LogP contribution in [0.2, 0.25) is 0 Å². The molecule has 0 amide bonds. The van der Waals surface area contributed by atoms with Crippen LogP contribution in [0.25, 0.3) is 0 Å². The Bertz CT molecular complexity index is 482. The van der Waals surface area contributed by atoms with Crippen molar-refractivity contribution in [1.82, 2.24) is 5.32 Å². The number of halogens is 1. The molecule has 0 aliphatic carbocycles. The van der Waals surface area contributed by atoms with Crippen LogP contribution in [-0.4, -0.2) is 36.0 Å². The molecule has 4 nitrogen and oxygen atoms in total. The predicted octanol–water partition coefficient (Wildman–Crippen LogP) is 3.10. The van der Waals surface area contributed by atoms with E-state index < -0.39 is 10.8 Å². The van der Waals surface area contributed by atoms with Crippen LogP contribution in [0.5, 0.6) is 11.5 Å². The summed E-state index contributed by atoms with van der Waals surface area (Å²) in [6.45, 7) is 5.38. The molecule has 0 spiro atoms. The third kappa shape index (κ3) is 6.36. The third-order valence-electron chi connectivity index (χ3n) is 3.07. The van der Waals surface area contributed by atoms with E-state index in [4.69, 9.17) is 9.47 Å². The van der Waals surface area contributed by atoms with Gasteiger partial charge in [-0.1, -0.05) is 0 Å². The van der Waals surface area contributed by atoms with Gasteiger partial charge in [0.05, 0.1) is 18.2 Å². The molecule has 0 saturated carbocycles. The average molecular weight is 378 g/mol. The molecule has 2 atom stereocenters. The molecule has 2 unspecified atom stereocenters. The van der Waals surface area contributed by atoms with Gasteiger partial charge in [0, 0.05) is 35.4 Å². The minimum Gasteiger partial charge on any atom is -0.493 e. The molecule has 0 saturated heterocycles. The SMILES string of the molecule is CCOc1c(Br)cc(CNC(C)CCS(C)=O)cc1OC. The van der Waals surface area contributed by atoms with Crippen LogP contribution in [0.4, 0.5) is 0 Å². The van der Waals surface area contributed by atoms with Crippen LogP contribution >= 0.6 is 15.9 Å². The summed E-state index contributed by atoms with van der Waals surface area (Å²) in [6, 6.07) is 4.34. The minimum atomic E-state index is -0.732. The number of benzene rings is 1. The van der Waals surface area contributed by atoms with Crippen molar-refractivity contribution in [2.75, 3.05) is 25.7 Å². The highest BCUT2D eigenvalue weighted by atomic mass is 79.9. The Labute approximate surface area is 138 Å². The van der Waals surface area contributed by atoms with Gasteiger partial charge in [0.2, 0.25) is 0 Å². The number of hydrogen-bond acceptors (Lipinski definition) is 4. The lowest BCUT2D eigenvalue weighted by molar-refractivity contribution is 0.308. The first-order valence-electron chi connectivity index (χ1n) is 7.00. The maximum absolute atomic E-state index is 11.1. The van der Waals surface area contributed by atoms with Gasteiger partial charge < -0.3 is 14.8 Å². The summed E-state index contributed by atoms with van der Waals surface area (Å²) in [4.78, 5) is 0. The van der Waals surface area contributed by atoms with E-state index in [0.717, 1.165) is 40.3 Å². The second-order valence-electron chi connectivity index (χ2n) is 4.89. The Kier molecular flexibility index (Phi) is 8.29. The maximum Gasteiger partial charge on any atom is 0.175 e. The molecule has 6 heteroatoms. The van der Waals surface area contributed by atoms with E-state index in [0.29, 0.717) is 12.6 Å². The van der Waals surface area contributed by atoms with Crippen molar-refractivity contribution in [2.24, 2.45) is 0 Å². The number of rotatable bonds is 9. The lowest BCUT2D eigenvalue weighted by Gasteiger charge is -2.16. The molecule has 1 N–H and O–H groups in total. The molecule has 1 rings (SSSR count). The van der Waals surface area contributed by atoms with E-state index in [1.54, 1.807) is 13.4 Å². The second kappa shape index (κ2) is 9.43. The van der Waals surface area contributed by atoms with Crippen LogP contribution in [0.15, 0.2) is 16.6 Å². The smallest absolute Gasteiger partial charge is 0.175 e. The highest BCUT2D eigenvalue weighted by Gasteiger charge is 2.12. The van der Waals surface area contributed by atoms with Crippen LogP contribution in [0.1, 0.15) is 25.8 Å². The van der Waals surface area contributed by atoms with Crippen LogP contribution in [-0.2, 0) is 17.3 Å². The van der Waals surface area contributed by atoms with Crippen molar-refractivity contribution in [3.63, 3.8) is 0 Å². The minimum absolute atomic E-state index is 0.324. The van der Waals surface area contributed by atoms with Crippen molar-refractivity contribution >= 4 is 26.7 Å². The van der Waals surface area contributed by atoms with Gasteiger partial charge in [-0.15, -0.1) is 0 Å². The molecule has 0 fully saturated rings. The zero-order chi connectivity index (χ0) is 15.8. The first-order chi connectivity index (χ1) is 9.97. The zero-order valence-electron chi connectivity index (χ0n) is 13.1. The van der Waals surface area contributed by atoms with E-state index in [-0.39, 0.29) is 0 Å². The highest BCUT2D eigenvalue weighted by Crippen LogP contribution is 2.36. The molecule has 0 aromatic heterocycles. The summed E-state index contributed by atoms with van der Waals surface area (Å²) in [5.41, 5.74) is 1.12. The average Bonchev–Trinajstić information content (AvgIpc) is 2.45. The fraction of sp³-hybridized carbons (Fsp3) is 0.600. The van der Waals surface area contributed by atoms with Crippen molar-refractivity contribution in [3.8, 4) is 11.5 Å². The van der Waals surface area contributed by atoms with Gasteiger partial charge in [0.15, 0.2) is 11.5 Å². The standard InChI is InChI=1S/C15H24BrNO3S/c1-5-20-15-13(16)8-12(9-14(15)19-3)10-17-11(2)6-7-21(4)18/h8-9,11,17H,5-7,10H2,1-4H3. The van der Waals surface area contributed by atoms with Gasteiger partial charge in [0.25, 0.3) is 0 Å². The largest absolute Gasteiger partial charge is 0.493 e. The quantitative estimate of drug-likeness (QED) is 0.718. The van der Waals surface area contributed by atoms with Crippen molar-refractivity contribution in [1.29, 1.82) is 0 Å². The molecule has 0 aliphatic rings. The number of methoxy groups -OCH3 is 1. The Balaban J connectivity index is 2.67. The van der Waals surface area contributed by atoms with Gasteiger partial charge in [-0.25, -0.2) is 0 Å². The molecule has 1 aromatic rings. The van der Waals surface area contributed by atoms with E-state index in [9.17, 15) is 4.21 Å². The fourth-order valence-corrected chi connectivity index (χ4v) is 3.19. The van der Waals surface area contributed by atoms with E-state index >= 15 is 0 Å². The summed E-state index contributed by atoms with van der Waals surface area (Å²) in [5, 5.41) is 3.43. The third-order valence-corrected chi connectivity index (χ3v) is 4.47. The van der Waals surface area contributed by atoms with Gasteiger partial charge in [-0.05, 0) is 53.9 Å². The molecular weight excluding hydrogens is 354 g/mol. The number of nitrogens with one attached hydrogen (secondary N) is 1. The van der Waals surface area contributed by atoms with Crippen molar-refractivity contribution < 1.29 is 13.7 Å². The molecule has 120 valence electrons. The Morgan fingerprint density at radius 1 is 1.43 bits per heavy atom. The van der Waals surface area contributed by atoms with E-state index in [1.165, 1.54) is 0 Å². The lowest BCUT2D eigenvalue weighted by Crippen LogP contribution is -2.27. The maximum atomic E-state index is 11.1. The molecule has 0 radical (unpaired) electrons. The number of hydrogen-bond donors (Lipinski definition) is 1. The van der Waals surface area contributed by atoms with Gasteiger partial charge in [-0.2, -0.15) is 0 Å². The summed E-state index contributed by atoms with van der Waals surface area (Å²) in [5.74, 6) is 2.19. The van der Waals surface area contributed by atoms with E-state index in [1.807, 2.05) is 19.1 Å². The summed E-state index contributed by atoms with van der Waals surface area (Å²) in [7, 11) is 0.907. The lowest BCUT2D eigenvalue weighted by atomic mass is 10.1. The topological polar surface area (TPSA) is 47.6 Å². The molecule has 0 aliphatic heterocycles. The van der Waals surface area contributed by atoms with Crippen molar-refractivity contribution in [2.45, 2.75) is 32.9 Å². The molecule has 0 bridgehead atoms. The van der Waals surface area contributed by atoms with Gasteiger partial charge in [0.1, 0.15) is 0 Å². The first-order valence-corrected chi connectivity index (χ1v) is 9.52. The zero-order valence-corrected chi connectivity index (χ0v) is 15.5. The molecule has 0 heterocycles. The highest BCUT2D eigenvalue weighted by molar-refractivity contribution is 9.10. The summed E-state index contributed by atoms with van der Waals surface area (Å²) in [6.07, 6.45) is 2.64. The van der Waals surface area contributed by atoms with Crippen LogP contribution < -0.4 is 14.8 Å². The molecule has 1 aromatic carbocycles. The summed E-state index contributed by atoms with van der Waals surface area (Å²) >= 11 is 3.52. The van der Waals surface area contributed by atoms with Crippen LogP contribution in [0.3, 0.4) is 0 Å². The summed E-state index contributed by atoms with van der Waals surface area (Å²) < 4.78 is 22.9. The van der Waals surface area contributed by atoms with E-state index in [2.05, 4.69) is 28.2 Å². The molecular formula is C15H24BrNO3S. The van der Waals surface area contributed by atoms with Gasteiger partial charge >= 0.3 is 0 Å². The molecule has 21 heavy (non-hydrogen) atoms. The normalized spacial score (nSPS) is 13.8. The number of ether oxygens (including phenoxy) is 2. The Morgan fingerprint density at radius 2 is 2.14 bits per heavy atom. The van der Waals surface area contributed by atoms with Crippen molar-refractivity contribution in [3.05, 3.63) is 22.2 Å². The van der Waals surface area contributed by atoms with Crippen LogP contribution in [0, 0.1) is 0 Å². The Hall–Kier alpha value is -0.590. The van der Waals surface area contributed by atoms with Gasteiger partial charge in [-0.3, -0.25) is 4.21 Å². The predicted molar refractivity (Wildman–Crippen MR) is 91.7 cm³/mol.